The van der Waals surface area contributed by atoms with Crippen LogP contribution in [-0.4, -0.2) is 13.7 Å². The molecule has 90 valence electrons. The molecule has 0 spiro atoms. The van der Waals surface area contributed by atoms with Crippen molar-refractivity contribution in [1.82, 2.24) is 5.32 Å². The zero-order chi connectivity index (χ0) is 12.3. The van der Waals surface area contributed by atoms with Gasteiger partial charge in [0.2, 0.25) is 0 Å². The van der Waals surface area contributed by atoms with Crippen LogP contribution < -0.4 is 10.1 Å². The Kier molecular flexibility index (Phi) is 4.63. The molecule has 1 aromatic rings. The van der Waals surface area contributed by atoms with Crippen molar-refractivity contribution in [2.24, 2.45) is 0 Å². The van der Waals surface area contributed by atoms with Crippen LogP contribution in [0.1, 0.15) is 29.2 Å². The van der Waals surface area contributed by atoms with Crippen molar-refractivity contribution < 1.29 is 4.74 Å². The SMILES string of the molecule is CCNCc1c(C)c(Cl)c(C)c(C)c1OC. The first kappa shape index (κ1) is 13.3. The number of halogens is 1. The molecule has 0 fully saturated rings. The minimum atomic E-state index is 0.798. The average Bonchev–Trinajstić information content (AvgIpc) is 2.29. The van der Waals surface area contributed by atoms with Gasteiger partial charge in [0.05, 0.1) is 7.11 Å². The van der Waals surface area contributed by atoms with Crippen molar-refractivity contribution in [1.29, 1.82) is 0 Å². The molecule has 0 atom stereocenters. The fourth-order valence-electron chi connectivity index (χ4n) is 1.88. The fraction of sp³-hybridized carbons (Fsp3) is 0.538. The Hall–Kier alpha value is -0.730. The van der Waals surface area contributed by atoms with Crippen molar-refractivity contribution >= 4 is 11.6 Å². The Morgan fingerprint density at radius 1 is 1.12 bits per heavy atom. The smallest absolute Gasteiger partial charge is 0.126 e. The quantitative estimate of drug-likeness (QED) is 0.873. The monoisotopic (exact) mass is 241 g/mol. The van der Waals surface area contributed by atoms with Crippen molar-refractivity contribution in [2.45, 2.75) is 34.2 Å². The zero-order valence-electron chi connectivity index (χ0n) is 10.7. The number of methoxy groups -OCH3 is 1. The van der Waals surface area contributed by atoms with E-state index in [1.54, 1.807) is 7.11 Å². The molecule has 16 heavy (non-hydrogen) atoms. The van der Waals surface area contributed by atoms with Gasteiger partial charge in [-0.05, 0) is 44.0 Å². The zero-order valence-corrected chi connectivity index (χ0v) is 11.5. The average molecular weight is 242 g/mol. The van der Waals surface area contributed by atoms with Gasteiger partial charge in [0, 0.05) is 17.1 Å². The number of ether oxygens (including phenoxy) is 1. The maximum Gasteiger partial charge on any atom is 0.126 e. The predicted octanol–water partition coefficient (Wildman–Crippen LogP) is 3.38. The maximum absolute atomic E-state index is 6.31. The summed E-state index contributed by atoms with van der Waals surface area (Å²) in [7, 11) is 1.71. The Bertz CT molecular complexity index is 388. The van der Waals surface area contributed by atoms with E-state index in [-0.39, 0.29) is 0 Å². The van der Waals surface area contributed by atoms with Gasteiger partial charge in [-0.2, -0.15) is 0 Å². The molecule has 0 heterocycles. The molecule has 0 aliphatic heterocycles. The van der Waals surface area contributed by atoms with Crippen molar-refractivity contribution in [3.63, 3.8) is 0 Å². The first-order valence-corrected chi connectivity index (χ1v) is 5.95. The van der Waals surface area contributed by atoms with Gasteiger partial charge in [-0.1, -0.05) is 18.5 Å². The molecule has 0 radical (unpaired) electrons. The molecule has 1 aromatic carbocycles. The van der Waals surface area contributed by atoms with Gasteiger partial charge in [0.1, 0.15) is 5.75 Å². The standard InChI is InChI=1S/C13H20ClNO/c1-6-15-7-11-10(4)12(14)8(2)9(3)13(11)16-5/h15H,6-7H2,1-5H3. The highest BCUT2D eigenvalue weighted by Gasteiger charge is 2.16. The van der Waals surface area contributed by atoms with E-state index in [9.17, 15) is 0 Å². The van der Waals surface area contributed by atoms with Crippen LogP contribution in [0, 0.1) is 20.8 Å². The second-order valence-electron chi connectivity index (χ2n) is 3.98. The molecule has 0 amide bonds. The van der Waals surface area contributed by atoms with E-state index in [0.29, 0.717) is 0 Å². The van der Waals surface area contributed by atoms with Crippen molar-refractivity contribution in [2.75, 3.05) is 13.7 Å². The molecule has 0 bridgehead atoms. The molecule has 0 unspecified atom stereocenters. The van der Waals surface area contributed by atoms with Gasteiger partial charge in [-0.3, -0.25) is 0 Å². The molecule has 0 aromatic heterocycles. The van der Waals surface area contributed by atoms with Crippen LogP contribution in [0.25, 0.3) is 0 Å². The molecule has 1 N–H and O–H groups in total. The lowest BCUT2D eigenvalue weighted by atomic mass is 9.98. The maximum atomic E-state index is 6.31. The molecular weight excluding hydrogens is 222 g/mol. The van der Waals surface area contributed by atoms with E-state index in [4.69, 9.17) is 16.3 Å². The van der Waals surface area contributed by atoms with Crippen LogP contribution in [0.5, 0.6) is 5.75 Å². The number of rotatable bonds is 4. The van der Waals surface area contributed by atoms with Gasteiger partial charge in [0.25, 0.3) is 0 Å². The van der Waals surface area contributed by atoms with Crippen LogP contribution in [0.3, 0.4) is 0 Å². The van der Waals surface area contributed by atoms with Crippen LogP contribution in [0.4, 0.5) is 0 Å². The van der Waals surface area contributed by atoms with E-state index >= 15 is 0 Å². The summed E-state index contributed by atoms with van der Waals surface area (Å²) in [6.07, 6.45) is 0. The molecule has 2 nitrogen and oxygen atoms in total. The molecule has 1 rings (SSSR count). The normalized spacial score (nSPS) is 10.6. The van der Waals surface area contributed by atoms with E-state index in [1.807, 2.05) is 13.8 Å². The van der Waals surface area contributed by atoms with E-state index in [1.165, 1.54) is 0 Å². The summed E-state index contributed by atoms with van der Waals surface area (Å²) >= 11 is 6.31. The third-order valence-corrected chi connectivity index (χ3v) is 3.61. The highest BCUT2D eigenvalue weighted by Crippen LogP contribution is 2.35. The fourth-order valence-corrected chi connectivity index (χ4v) is 2.14. The van der Waals surface area contributed by atoms with Crippen LogP contribution in [-0.2, 0) is 6.54 Å². The third kappa shape index (κ3) is 2.33. The molecule has 3 heteroatoms. The Balaban J connectivity index is 3.33. The largest absolute Gasteiger partial charge is 0.496 e. The van der Waals surface area contributed by atoms with Crippen molar-refractivity contribution in [3.8, 4) is 5.75 Å². The summed E-state index contributed by atoms with van der Waals surface area (Å²) in [5.74, 6) is 0.959. The number of hydrogen-bond donors (Lipinski definition) is 1. The first-order chi connectivity index (χ1) is 7.54. The highest BCUT2D eigenvalue weighted by atomic mass is 35.5. The molecule has 0 aliphatic rings. The lowest BCUT2D eigenvalue weighted by molar-refractivity contribution is 0.404. The van der Waals surface area contributed by atoms with Gasteiger partial charge in [-0.15, -0.1) is 0 Å². The number of benzene rings is 1. The summed E-state index contributed by atoms with van der Waals surface area (Å²) in [5, 5.41) is 4.17. The summed E-state index contributed by atoms with van der Waals surface area (Å²) in [6.45, 7) is 9.95. The molecular formula is C13H20ClNO. The third-order valence-electron chi connectivity index (χ3n) is 3.04. The second kappa shape index (κ2) is 5.55. The summed E-state index contributed by atoms with van der Waals surface area (Å²) in [6, 6.07) is 0. The first-order valence-electron chi connectivity index (χ1n) is 5.57. The Labute approximate surface area is 103 Å². The second-order valence-corrected chi connectivity index (χ2v) is 4.36. The number of hydrogen-bond acceptors (Lipinski definition) is 2. The van der Waals surface area contributed by atoms with E-state index in [2.05, 4.69) is 19.2 Å². The summed E-state index contributed by atoms with van der Waals surface area (Å²) < 4.78 is 5.49. The van der Waals surface area contributed by atoms with Crippen LogP contribution in [0.15, 0.2) is 0 Å². The summed E-state index contributed by atoms with van der Waals surface area (Å²) in [4.78, 5) is 0. The summed E-state index contributed by atoms with van der Waals surface area (Å²) in [5.41, 5.74) is 4.52. The Morgan fingerprint density at radius 3 is 2.25 bits per heavy atom. The van der Waals surface area contributed by atoms with Crippen LogP contribution in [0.2, 0.25) is 5.02 Å². The number of nitrogens with one attached hydrogen (secondary N) is 1. The highest BCUT2D eigenvalue weighted by molar-refractivity contribution is 6.32. The lowest BCUT2D eigenvalue weighted by Gasteiger charge is -2.18. The lowest BCUT2D eigenvalue weighted by Crippen LogP contribution is -2.14. The minimum absolute atomic E-state index is 0.798. The van der Waals surface area contributed by atoms with Gasteiger partial charge in [-0.25, -0.2) is 0 Å². The molecule has 0 saturated heterocycles. The van der Waals surface area contributed by atoms with Gasteiger partial charge < -0.3 is 10.1 Å². The van der Waals surface area contributed by atoms with Crippen molar-refractivity contribution in [3.05, 3.63) is 27.3 Å². The predicted molar refractivity (Wildman–Crippen MR) is 69.6 cm³/mol. The minimum Gasteiger partial charge on any atom is -0.496 e. The Morgan fingerprint density at radius 2 is 1.75 bits per heavy atom. The topological polar surface area (TPSA) is 21.3 Å². The van der Waals surface area contributed by atoms with E-state index in [0.717, 1.165) is 46.1 Å². The van der Waals surface area contributed by atoms with Crippen LogP contribution >= 0.6 is 11.6 Å². The molecule has 0 aliphatic carbocycles. The van der Waals surface area contributed by atoms with E-state index < -0.39 is 0 Å². The van der Waals surface area contributed by atoms with Gasteiger partial charge >= 0.3 is 0 Å². The molecule has 0 saturated carbocycles. The van der Waals surface area contributed by atoms with Gasteiger partial charge in [0.15, 0.2) is 0 Å².